The van der Waals surface area contributed by atoms with Crippen molar-refractivity contribution in [1.82, 2.24) is 0 Å². The molecule has 2 aliphatic carbocycles. The second kappa shape index (κ2) is 2.45. The van der Waals surface area contributed by atoms with Gasteiger partial charge in [0.15, 0.2) is 0 Å². The number of nitrogens with two attached hydrogens (primary N) is 1. The lowest BCUT2D eigenvalue weighted by Crippen LogP contribution is -2.30. The van der Waals surface area contributed by atoms with Crippen molar-refractivity contribution in [3.63, 3.8) is 0 Å². The molecule has 2 saturated carbocycles. The molecule has 0 aromatic heterocycles. The third kappa shape index (κ3) is 1.50. The Balaban J connectivity index is 2.13. The molecular formula is C8H15NO2S. The summed E-state index contributed by atoms with van der Waals surface area (Å²) in [5.74, 6) is 1.02. The first kappa shape index (κ1) is 8.51. The molecule has 2 rings (SSSR count). The number of fused-ring (bicyclic) bond motifs is 2. The summed E-state index contributed by atoms with van der Waals surface area (Å²) in [6.45, 7) is 0. The third-order valence-corrected chi connectivity index (χ3v) is 4.41. The lowest BCUT2D eigenvalue weighted by atomic mass is 9.87. The molecule has 2 N–H and O–H groups in total. The molecule has 0 spiro atoms. The van der Waals surface area contributed by atoms with E-state index in [1.54, 1.807) is 0 Å². The number of hydrogen-bond donors (Lipinski definition) is 1. The Morgan fingerprint density at radius 1 is 1.33 bits per heavy atom. The SMILES string of the molecule is NS(=O)(=O)CC12CCC(CC1)C2. The molecule has 0 aromatic carbocycles. The van der Waals surface area contributed by atoms with Crippen LogP contribution in [-0.2, 0) is 10.0 Å². The summed E-state index contributed by atoms with van der Waals surface area (Å²) in [4.78, 5) is 0. The van der Waals surface area contributed by atoms with Gasteiger partial charge in [0, 0.05) is 0 Å². The van der Waals surface area contributed by atoms with Gasteiger partial charge in [0.2, 0.25) is 10.0 Å². The fraction of sp³-hybridized carbons (Fsp3) is 1.00. The molecule has 0 aliphatic heterocycles. The minimum atomic E-state index is -3.25. The van der Waals surface area contributed by atoms with Crippen molar-refractivity contribution in [2.45, 2.75) is 32.1 Å². The summed E-state index contributed by atoms with van der Waals surface area (Å²) in [5, 5.41) is 5.07. The van der Waals surface area contributed by atoms with Gasteiger partial charge in [-0.25, -0.2) is 13.6 Å². The van der Waals surface area contributed by atoms with E-state index >= 15 is 0 Å². The van der Waals surface area contributed by atoms with Crippen LogP contribution >= 0.6 is 0 Å². The first-order chi connectivity index (χ1) is 5.49. The summed E-state index contributed by atoms with van der Waals surface area (Å²) < 4.78 is 21.9. The molecule has 3 nitrogen and oxygen atoms in total. The van der Waals surface area contributed by atoms with Gasteiger partial charge < -0.3 is 0 Å². The minimum absolute atomic E-state index is 0.0816. The molecule has 2 fully saturated rings. The summed E-state index contributed by atoms with van der Waals surface area (Å²) in [7, 11) is -3.25. The van der Waals surface area contributed by atoms with Crippen LogP contribution in [0.1, 0.15) is 32.1 Å². The first-order valence-electron chi connectivity index (χ1n) is 4.50. The van der Waals surface area contributed by atoms with Crippen LogP contribution in [0, 0.1) is 11.3 Å². The lowest BCUT2D eigenvalue weighted by molar-refractivity contribution is 0.334. The van der Waals surface area contributed by atoms with Crippen LogP contribution in [0.4, 0.5) is 0 Å². The minimum Gasteiger partial charge on any atom is -0.229 e. The van der Waals surface area contributed by atoms with E-state index in [1.165, 1.54) is 12.8 Å². The van der Waals surface area contributed by atoms with Gasteiger partial charge in [-0.15, -0.1) is 0 Å². The van der Waals surface area contributed by atoms with Crippen LogP contribution < -0.4 is 5.14 Å². The van der Waals surface area contributed by atoms with Crippen LogP contribution in [0.2, 0.25) is 0 Å². The molecule has 12 heavy (non-hydrogen) atoms. The molecule has 70 valence electrons. The predicted molar refractivity (Wildman–Crippen MR) is 47.0 cm³/mol. The predicted octanol–water partition coefficient (Wildman–Crippen LogP) is 0.855. The Kier molecular flexibility index (Phi) is 1.74. The summed E-state index contributed by atoms with van der Waals surface area (Å²) >= 11 is 0. The van der Waals surface area contributed by atoms with Crippen molar-refractivity contribution >= 4 is 10.0 Å². The number of hydrogen-bond acceptors (Lipinski definition) is 2. The second-order valence-electron chi connectivity index (χ2n) is 4.45. The van der Waals surface area contributed by atoms with E-state index in [9.17, 15) is 8.42 Å². The molecule has 2 aliphatic rings. The second-order valence-corrected chi connectivity index (χ2v) is 6.07. The van der Waals surface area contributed by atoms with Gasteiger partial charge in [0.05, 0.1) is 5.75 Å². The van der Waals surface area contributed by atoms with Gasteiger partial charge >= 0.3 is 0 Å². The molecule has 0 aromatic rings. The monoisotopic (exact) mass is 189 g/mol. The average molecular weight is 189 g/mol. The topological polar surface area (TPSA) is 60.2 Å². The Labute approximate surface area is 73.4 Å². The fourth-order valence-corrected chi connectivity index (χ4v) is 4.20. The van der Waals surface area contributed by atoms with Crippen LogP contribution in [0.5, 0.6) is 0 Å². The molecule has 0 radical (unpaired) electrons. The van der Waals surface area contributed by atoms with E-state index < -0.39 is 10.0 Å². The first-order valence-corrected chi connectivity index (χ1v) is 6.21. The summed E-state index contributed by atoms with van der Waals surface area (Å²) in [6, 6.07) is 0. The number of rotatable bonds is 2. The maximum Gasteiger partial charge on any atom is 0.209 e. The smallest absolute Gasteiger partial charge is 0.209 e. The Morgan fingerprint density at radius 2 is 1.92 bits per heavy atom. The molecular weight excluding hydrogens is 174 g/mol. The number of sulfonamides is 1. The largest absolute Gasteiger partial charge is 0.229 e. The highest BCUT2D eigenvalue weighted by Crippen LogP contribution is 2.54. The van der Waals surface area contributed by atoms with Crippen LogP contribution in [0.3, 0.4) is 0 Å². The zero-order chi connectivity index (χ0) is 8.82. The quantitative estimate of drug-likeness (QED) is 0.700. The zero-order valence-electron chi connectivity index (χ0n) is 7.12. The van der Waals surface area contributed by atoms with Gasteiger partial charge in [-0.2, -0.15) is 0 Å². The maximum atomic E-state index is 10.9. The molecule has 0 heterocycles. The van der Waals surface area contributed by atoms with Crippen molar-refractivity contribution in [2.24, 2.45) is 16.5 Å². The average Bonchev–Trinajstić information content (AvgIpc) is 2.40. The van der Waals surface area contributed by atoms with Gasteiger partial charge in [-0.3, -0.25) is 0 Å². The van der Waals surface area contributed by atoms with Gasteiger partial charge in [0.1, 0.15) is 0 Å². The van der Waals surface area contributed by atoms with Crippen molar-refractivity contribution < 1.29 is 8.42 Å². The van der Waals surface area contributed by atoms with E-state index in [2.05, 4.69) is 0 Å². The lowest BCUT2D eigenvalue weighted by Gasteiger charge is -2.24. The maximum absolute atomic E-state index is 10.9. The number of primary sulfonamides is 1. The Morgan fingerprint density at radius 3 is 2.25 bits per heavy atom. The standard InChI is InChI=1S/C8H15NO2S/c9-12(10,11)6-8-3-1-7(5-8)2-4-8/h7H,1-6H2,(H2,9,10,11). The van der Waals surface area contributed by atoms with Crippen LogP contribution in [0.15, 0.2) is 0 Å². The highest BCUT2D eigenvalue weighted by atomic mass is 32.2. The van der Waals surface area contributed by atoms with E-state index in [4.69, 9.17) is 5.14 Å². The van der Waals surface area contributed by atoms with Crippen molar-refractivity contribution in [1.29, 1.82) is 0 Å². The third-order valence-electron chi connectivity index (χ3n) is 3.39. The molecule has 0 amide bonds. The molecule has 0 unspecified atom stereocenters. The molecule has 0 atom stereocenters. The summed E-state index contributed by atoms with van der Waals surface area (Å²) in [6.07, 6.45) is 5.69. The van der Waals surface area contributed by atoms with E-state index in [1.807, 2.05) is 0 Å². The summed E-state index contributed by atoms with van der Waals surface area (Å²) in [5.41, 5.74) is 0.0816. The van der Waals surface area contributed by atoms with Gasteiger partial charge in [-0.05, 0) is 43.4 Å². The Hall–Kier alpha value is -0.0900. The normalized spacial score (nSPS) is 40.6. The van der Waals surface area contributed by atoms with Crippen molar-refractivity contribution in [3.8, 4) is 0 Å². The van der Waals surface area contributed by atoms with Crippen molar-refractivity contribution in [3.05, 3.63) is 0 Å². The van der Waals surface area contributed by atoms with E-state index in [0.29, 0.717) is 0 Å². The fourth-order valence-electron chi connectivity index (χ4n) is 2.94. The van der Waals surface area contributed by atoms with E-state index in [-0.39, 0.29) is 11.2 Å². The van der Waals surface area contributed by atoms with E-state index in [0.717, 1.165) is 25.2 Å². The Bertz CT molecular complexity index is 275. The zero-order valence-corrected chi connectivity index (χ0v) is 7.94. The molecule has 4 heteroatoms. The van der Waals surface area contributed by atoms with Gasteiger partial charge in [-0.1, -0.05) is 0 Å². The highest BCUT2D eigenvalue weighted by Gasteiger charge is 2.46. The molecule has 0 saturated heterocycles. The van der Waals surface area contributed by atoms with Crippen LogP contribution in [0.25, 0.3) is 0 Å². The van der Waals surface area contributed by atoms with Crippen LogP contribution in [-0.4, -0.2) is 14.2 Å². The molecule has 2 bridgehead atoms. The van der Waals surface area contributed by atoms with Gasteiger partial charge in [0.25, 0.3) is 0 Å². The van der Waals surface area contributed by atoms with Crippen molar-refractivity contribution in [2.75, 3.05) is 5.75 Å². The highest BCUT2D eigenvalue weighted by molar-refractivity contribution is 7.89.